The van der Waals surface area contributed by atoms with Crippen LogP contribution in [0.2, 0.25) is 0 Å². The Morgan fingerprint density at radius 3 is 2.68 bits per heavy atom. The average molecular weight is 347 g/mol. The molecule has 2 aromatic rings. The second kappa shape index (κ2) is 8.54. The second-order valence-electron chi connectivity index (χ2n) is 6.67. The van der Waals surface area contributed by atoms with Crippen molar-refractivity contribution in [2.45, 2.75) is 39.2 Å². The molecule has 0 N–H and O–H groups in total. The Hall–Kier alpha value is -1.79. The fraction of sp³-hybridized carbons (Fsp3) is 0.579. The van der Waals surface area contributed by atoms with Crippen LogP contribution in [0.5, 0.6) is 0 Å². The lowest BCUT2D eigenvalue weighted by Gasteiger charge is -2.34. The Morgan fingerprint density at radius 2 is 2.00 bits per heavy atom. The van der Waals surface area contributed by atoms with Crippen molar-refractivity contribution >= 4 is 0 Å². The van der Waals surface area contributed by atoms with Crippen molar-refractivity contribution in [3.63, 3.8) is 0 Å². The predicted octanol–water partition coefficient (Wildman–Crippen LogP) is 3.61. The van der Waals surface area contributed by atoms with E-state index in [1.807, 2.05) is 6.92 Å². The summed E-state index contributed by atoms with van der Waals surface area (Å²) in [6, 6.07) is 6.51. The number of ether oxygens (including phenoxy) is 1. The van der Waals surface area contributed by atoms with Crippen LogP contribution >= 0.6 is 0 Å². The standard InChI is InChI=1S/C19H26FN3O2/c1-3-24-13-16-8-10-23(11-9-16)14(2)19-21-18(22-25-19)12-15-4-6-17(20)7-5-15/h4-7,14,16H,3,8-13H2,1-2H3/t14-/m0/s1. The number of aromatic nitrogens is 2. The van der Waals surface area contributed by atoms with E-state index in [-0.39, 0.29) is 11.9 Å². The molecule has 5 nitrogen and oxygen atoms in total. The maximum absolute atomic E-state index is 13.0. The summed E-state index contributed by atoms with van der Waals surface area (Å²) in [5.41, 5.74) is 0.971. The highest BCUT2D eigenvalue weighted by atomic mass is 19.1. The monoisotopic (exact) mass is 347 g/mol. The number of rotatable bonds is 7. The van der Waals surface area contributed by atoms with Crippen LogP contribution in [0.3, 0.4) is 0 Å². The molecule has 1 aromatic carbocycles. The van der Waals surface area contributed by atoms with Gasteiger partial charge in [-0.2, -0.15) is 4.98 Å². The van der Waals surface area contributed by atoms with Crippen molar-refractivity contribution in [2.24, 2.45) is 5.92 Å². The zero-order valence-electron chi connectivity index (χ0n) is 14.9. The fourth-order valence-corrected chi connectivity index (χ4v) is 3.24. The molecule has 136 valence electrons. The molecule has 1 atom stereocenters. The first kappa shape index (κ1) is 18.0. The van der Waals surface area contributed by atoms with Crippen LogP contribution < -0.4 is 0 Å². The van der Waals surface area contributed by atoms with E-state index in [4.69, 9.17) is 9.26 Å². The van der Waals surface area contributed by atoms with E-state index in [1.54, 1.807) is 12.1 Å². The van der Waals surface area contributed by atoms with Crippen molar-refractivity contribution in [3.05, 3.63) is 47.4 Å². The Morgan fingerprint density at radius 1 is 1.28 bits per heavy atom. The lowest BCUT2D eigenvalue weighted by atomic mass is 9.97. The summed E-state index contributed by atoms with van der Waals surface area (Å²) in [5, 5.41) is 4.08. The second-order valence-corrected chi connectivity index (χ2v) is 6.67. The molecule has 1 saturated heterocycles. The minimum Gasteiger partial charge on any atom is -0.381 e. The largest absolute Gasteiger partial charge is 0.381 e. The lowest BCUT2D eigenvalue weighted by molar-refractivity contribution is 0.0578. The number of hydrogen-bond acceptors (Lipinski definition) is 5. The van der Waals surface area contributed by atoms with Gasteiger partial charge in [-0.1, -0.05) is 17.3 Å². The first-order chi connectivity index (χ1) is 12.2. The molecule has 0 spiro atoms. The summed E-state index contributed by atoms with van der Waals surface area (Å²) in [4.78, 5) is 6.92. The molecule has 0 bridgehead atoms. The van der Waals surface area contributed by atoms with Crippen molar-refractivity contribution in [2.75, 3.05) is 26.3 Å². The lowest BCUT2D eigenvalue weighted by Crippen LogP contribution is -2.37. The first-order valence-electron chi connectivity index (χ1n) is 9.04. The quantitative estimate of drug-likeness (QED) is 0.766. The number of halogens is 1. The van der Waals surface area contributed by atoms with Crippen LogP contribution in [-0.2, 0) is 11.2 Å². The van der Waals surface area contributed by atoms with Gasteiger partial charge in [0, 0.05) is 19.6 Å². The molecule has 0 saturated carbocycles. The van der Waals surface area contributed by atoms with Gasteiger partial charge >= 0.3 is 0 Å². The molecule has 0 aliphatic carbocycles. The summed E-state index contributed by atoms with van der Waals surface area (Å²) in [5.74, 6) is 1.71. The summed E-state index contributed by atoms with van der Waals surface area (Å²) < 4.78 is 24.0. The summed E-state index contributed by atoms with van der Waals surface area (Å²) >= 11 is 0. The van der Waals surface area contributed by atoms with Crippen molar-refractivity contribution in [1.82, 2.24) is 15.0 Å². The van der Waals surface area contributed by atoms with Gasteiger partial charge in [0.05, 0.1) is 6.04 Å². The molecule has 6 heteroatoms. The van der Waals surface area contributed by atoms with Gasteiger partial charge in [0.15, 0.2) is 5.82 Å². The molecule has 3 rings (SSSR count). The van der Waals surface area contributed by atoms with E-state index in [0.29, 0.717) is 24.1 Å². The Balaban J connectivity index is 1.54. The number of piperidine rings is 1. The Kier molecular flexibility index (Phi) is 6.15. The highest BCUT2D eigenvalue weighted by Gasteiger charge is 2.26. The molecule has 0 amide bonds. The zero-order valence-corrected chi connectivity index (χ0v) is 14.9. The van der Waals surface area contributed by atoms with E-state index < -0.39 is 0 Å². The van der Waals surface area contributed by atoms with E-state index in [9.17, 15) is 4.39 Å². The zero-order chi connectivity index (χ0) is 17.6. The van der Waals surface area contributed by atoms with E-state index in [1.165, 1.54) is 12.1 Å². The minimum atomic E-state index is -0.237. The molecule has 0 radical (unpaired) electrons. The van der Waals surface area contributed by atoms with Gasteiger partial charge in [-0.25, -0.2) is 4.39 Å². The maximum atomic E-state index is 13.0. The van der Waals surface area contributed by atoms with Gasteiger partial charge in [-0.3, -0.25) is 4.90 Å². The van der Waals surface area contributed by atoms with E-state index in [2.05, 4.69) is 22.0 Å². The molecule has 0 unspecified atom stereocenters. The van der Waals surface area contributed by atoms with E-state index >= 15 is 0 Å². The average Bonchev–Trinajstić information content (AvgIpc) is 3.10. The smallest absolute Gasteiger partial charge is 0.243 e. The molecule has 1 aromatic heterocycles. The SMILES string of the molecule is CCOCC1CCN([C@@H](C)c2nc(Cc3ccc(F)cc3)no2)CC1. The van der Waals surface area contributed by atoms with Crippen LogP contribution in [0, 0.1) is 11.7 Å². The number of nitrogens with zero attached hydrogens (tertiary/aromatic N) is 3. The Bertz CT molecular complexity index is 651. The van der Waals surface area contributed by atoms with Gasteiger partial charge in [0.1, 0.15) is 5.82 Å². The third kappa shape index (κ3) is 4.86. The molecular formula is C19H26FN3O2. The van der Waals surface area contributed by atoms with Gasteiger partial charge < -0.3 is 9.26 Å². The molecular weight excluding hydrogens is 321 g/mol. The maximum Gasteiger partial charge on any atom is 0.243 e. The molecule has 1 fully saturated rings. The minimum absolute atomic E-state index is 0.113. The van der Waals surface area contributed by atoms with Crippen molar-refractivity contribution in [3.8, 4) is 0 Å². The predicted molar refractivity (Wildman–Crippen MR) is 92.7 cm³/mol. The van der Waals surface area contributed by atoms with Crippen LogP contribution in [0.15, 0.2) is 28.8 Å². The fourth-order valence-electron chi connectivity index (χ4n) is 3.24. The molecule has 25 heavy (non-hydrogen) atoms. The number of hydrogen-bond donors (Lipinski definition) is 0. The topological polar surface area (TPSA) is 51.4 Å². The number of benzene rings is 1. The van der Waals surface area contributed by atoms with Gasteiger partial charge in [-0.05, 0) is 63.4 Å². The highest BCUT2D eigenvalue weighted by molar-refractivity contribution is 5.19. The molecule has 1 aliphatic heterocycles. The van der Waals surface area contributed by atoms with E-state index in [0.717, 1.165) is 44.7 Å². The third-order valence-electron chi connectivity index (χ3n) is 4.87. The third-order valence-corrected chi connectivity index (χ3v) is 4.87. The van der Waals surface area contributed by atoms with Gasteiger partial charge in [0.25, 0.3) is 0 Å². The van der Waals surface area contributed by atoms with Crippen LogP contribution in [0.1, 0.15) is 50.0 Å². The van der Waals surface area contributed by atoms with Crippen molar-refractivity contribution < 1.29 is 13.7 Å². The molecule has 2 heterocycles. The molecule has 1 aliphatic rings. The van der Waals surface area contributed by atoms with Crippen LogP contribution in [-0.4, -0.2) is 41.3 Å². The van der Waals surface area contributed by atoms with Crippen molar-refractivity contribution in [1.29, 1.82) is 0 Å². The first-order valence-corrected chi connectivity index (χ1v) is 9.04. The van der Waals surface area contributed by atoms with Crippen LogP contribution in [0.25, 0.3) is 0 Å². The van der Waals surface area contributed by atoms with Gasteiger partial charge in [-0.15, -0.1) is 0 Å². The van der Waals surface area contributed by atoms with Crippen LogP contribution in [0.4, 0.5) is 4.39 Å². The number of likely N-dealkylation sites (tertiary alicyclic amines) is 1. The highest BCUT2D eigenvalue weighted by Crippen LogP contribution is 2.26. The normalized spacial score (nSPS) is 17.7. The summed E-state index contributed by atoms with van der Waals surface area (Å²) in [6.07, 6.45) is 2.83. The summed E-state index contributed by atoms with van der Waals surface area (Å²) in [6.45, 7) is 7.84. The summed E-state index contributed by atoms with van der Waals surface area (Å²) in [7, 11) is 0. The van der Waals surface area contributed by atoms with Gasteiger partial charge in [0.2, 0.25) is 5.89 Å². The Labute approximate surface area is 148 Å².